The van der Waals surface area contributed by atoms with Crippen molar-refractivity contribution in [2.45, 2.75) is 31.6 Å². The Morgan fingerprint density at radius 3 is 2.81 bits per heavy atom. The van der Waals surface area contributed by atoms with Crippen molar-refractivity contribution in [1.29, 1.82) is 0 Å². The molecule has 1 unspecified atom stereocenters. The van der Waals surface area contributed by atoms with Crippen LogP contribution in [0.4, 0.5) is 5.69 Å². The molecular weight excluding hydrogens is 296 g/mol. The number of likely N-dealkylation sites (N-methyl/N-ethyl adjacent to an activating group) is 1. The van der Waals surface area contributed by atoms with E-state index in [1.165, 1.54) is 22.5 Å². The van der Waals surface area contributed by atoms with Gasteiger partial charge in [-0.3, -0.25) is 10.1 Å². The topological polar surface area (TPSA) is 98.3 Å². The normalized spacial score (nSPS) is 21.3. The standard InChI is InChI=1S/C12H14N4O4S/c1-3-15-8(2)7-14-11-6-9(16(17)18)4-5-10(11)13-12(14)21(15,19)20/h4-6,8H,3,7H2,1-2H3. The molecule has 1 atom stereocenters. The summed E-state index contributed by atoms with van der Waals surface area (Å²) in [6, 6.07) is 3.96. The molecule has 1 aliphatic rings. The summed E-state index contributed by atoms with van der Waals surface area (Å²) in [5, 5.41) is 10.8. The van der Waals surface area contributed by atoms with Crippen LogP contribution in [0.25, 0.3) is 11.0 Å². The van der Waals surface area contributed by atoms with Crippen LogP contribution in [0.2, 0.25) is 0 Å². The van der Waals surface area contributed by atoms with E-state index in [9.17, 15) is 18.5 Å². The Balaban J connectivity index is 2.30. The summed E-state index contributed by atoms with van der Waals surface area (Å²) in [6.07, 6.45) is 0. The number of nitro groups is 1. The molecule has 0 radical (unpaired) electrons. The van der Waals surface area contributed by atoms with Crippen molar-refractivity contribution >= 4 is 26.7 Å². The molecule has 1 aromatic heterocycles. The van der Waals surface area contributed by atoms with E-state index in [-0.39, 0.29) is 16.9 Å². The minimum Gasteiger partial charge on any atom is -0.312 e. The van der Waals surface area contributed by atoms with E-state index in [1.807, 2.05) is 6.92 Å². The molecule has 3 rings (SSSR count). The smallest absolute Gasteiger partial charge is 0.277 e. The first-order valence-corrected chi connectivity index (χ1v) is 7.96. The number of imidazole rings is 1. The molecule has 112 valence electrons. The Bertz CT molecular complexity index is 842. The zero-order valence-electron chi connectivity index (χ0n) is 11.6. The molecule has 21 heavy (non-hydrogen) atoms. The summed E-state index contributed by atoms with van der Waals surface area (Å²) in [5.41, 5.74) is 0.850. The third kappa shape index (κ3) is 1.92. The van der Waals surface area contributed by atoms with Gasteiger partial charge >= 0.3 is 0 Å². The van der Waals surface area contributed by atoms with Crippen LogP contribution in [0.1, 0.15) is 13.8 Å². The molecule has 8 nitrogen and oxygen atoms in total. The fourth-order valence-corrected chi connectivity index (χ4v) is 4.51. The maximum absolute atomic E-state index is 12.5. The summed E-state index contributed by atoms with van der Waals surface area (Å²) >= 11 is 0. The molecule has 0 saturated carbocycles. The van der Waals surface area contributed by atoms with Crippen molar-refractivity contribution < 1.29 is 13.3 Å². The molecule has 9 heteroatoms. The Hall–Kier alpha value is -2.00. The first-order chi connectivity index (χ1) is 9.86. The molecule has 2 heterocycles. The Kier molecular flexibility index (Phi) is 2.99. The molecule has 2 aromatic rings. The van der Waals surface area contributed by atoms with Gasteiger partial charge < -0.3 is 4.57 Å². The second-order valence-electron chi connectivity index (χ2n) is 4.99. The van der Waals surface area contributed by atoms with Gasteiger partial charge in [0.05, 0.1) is 16.0 Å². The molecule has 0 aliphatic carbocycles. The van der Waals surface area contributed by atoms with E-state index in [4.69, 9.17) is 0 Å². The van der Waals surface area contributed by atoms with Crippen molar-refractivity contribution in [2.75, 3.05) is 6.54 Å². The largest absolute Gasteiger partial charge is 0.312 e. The molecule has 0 bridgehead atoms. The Morgan fingerprint density at radius 1 is 1.48 bits per heavy atom. The highest BCUT2D eigenvalue weighted by molar-refractivity contribution is 7.89. The van der Waals surface area contributed by atoms with Crippen LogP contribution in [0.5, 0.6) is 0 Å². The number of fused-ring (bicyclic) bond motifs is 3. The summed E-state index contributed by atoms with van der Waals surface area (Å²) in [4.78, 5) is 14.5. The highest BCUT2D eigenvalue weighted by atomic mass is 32.2. The second kappa shape index (κ2) is 4.50. The number of nitrogens with zero attached hydrogens (tertiary/aromatic N) is 4. The zero-order valence-corrected chi connectivity index (χ0v) is 12.4. The molecule has 0 saturated heterocycles. The number of hydrogen-bond acceptors (Lipinski definition) is 5. The lowest BCUT2D eigenvalue weighted by Gasteiger charge is -2.32. The maximum atomic E-state index is 12.5. The lowest BCUT2D eigenvalue weighted by molar-refractivity contribution is -0.384. The van der Waals surface area contributed by atoms with Crippen molar-refractivity contribution in [3.63, 3.8) is 0 Å². The monoisotopic (exact) mass is 310 g/mol. The molecule has 0 fully saturated rings. The quantitative estimate of drug-likeness (QED) is 0.616. The highest BCUT2D eigenvalue weighted by Gasteiger charge is 2.38. The van der Waals surface area contributed by atoms with Gasteiger partial charge in [-0.05, 0) is 13.0 Å². The summed E-state index contributed by atoms with van der Waals surface area (Å²) in [6.45, 7) is 4.39. The number of hydrogen-bond donors (Lipinski definition) is 0. The van der Waals surface area contributed by atoms with E-state index < -0.39 is 14.9 Å². The van der Waals surface area contributed by atoms with Crippen LogP contribution < -0.4 is 0 Å². The molecule has 0 N–H and O–H groups in total. The van der Waals surface area contributed by atoms with Crippen LogP contribution in [-0.2, 0) is 16.6 Å². The van der Waals surface area contributed by atoms with E-state index >= 15 is 0 Å². The van der Waals surface area contributed by atoms with E-state index in [2.05, 4.69) is 4.98 Å². The highest BCUT2D eigenvalue weighted by Crippen LogP contribution is 2.30. The maximum Gasteiger partial charge on any atom is 0.277 e. The summed E-state index contributed by atoms with van der Waals surface area (Å²) in [7, 11) is -3.66. The van der Waals surface area contributed by atoms with Crippen molar-refractivity contribution in [3.05, 3.63) is 28.3 Å². The van der Waals surface area contributed by atoms with Gasteiger partial charge in [-0.1, -0.05) is 6.92 Å². The van der Waals surface area contributed by atoms with Gasteiger partial charge in [0.15, 0.2) is 0 Å². The number of non-ortho nitro benzene ring substituents is 1. The predicted molar refractivity (Wildman–Crippen MR) is 75.4 cm³/mol. The van der Waals surface area contributed by atoms with Crippen LogP contribution in [0.3, 0.4) is 0 Å². The van der Waals surface area contributed by atoms with E-state index in [0.29, 0.717) is 24.1 Å². The number of nitro benzene ring substituents is 1. The number of aromatic nitrogens is 2. The fourth-order valence-electron chi connectivity index (χ4n) is 2.75. The van der Waals surface area contributed by atoms with Crippen LogP contribution >= 0.6 is 0 Å². The van der Waals surface area contributed by atoms with Crippen LogP contribution in [-0.4, -0.2) is 39.8 Å². The summed E-state index contributed by atoms with van der Waals surface area (Å²) < 4.78 is 28.0. The van der Waals surface area contributed by atoms with Gasteiger partial charge in [0.25, 0.3) is 15.7 Å². The van der Waals surface area contributed by atoms with Crippen molar-refractivity contribution in [1.82, 2.24) is 13.9 Å². The van der Waals surface area contributed by atoms with Crippen LogP contribution in [0.15, 0.2) is 23.4 Å². The number of sulfonamides is 1. The molecular formula is C12H14N4O4S. The van der Waals surface area contributed by atoms with Gasteiger partial charge in [-0.15, -0.1) is 0 Å². The van der Waals surface area contributed by atoms with E-state index in [0.717, 1.165) is 0 Å². The van der Waals surface area contributed by atoms with Gasteiger partial charge in [0.1, 0.15) is 0 Å². The van der Waals surface area contributed by atoms with Crippen LogP contribution in [0, 0.1) is 10.1 Å². The minimum atomic E-state index is -3.66. The Labute approximate surface area is 121 Å². The van der Waals surface area contributed by atoms with Gasteiger partial charge in [0.2, 0.25) is 5.16 Å². The molecule has 1 aliphatic heterocycles. The average Bonchev–Trinajstić information content (AvgIpc) is 2.77. The fraction of sp³-hybridized carbons (Fsp3) is 0.417. The number of benzene rings is 1. The van der Waals surface area contributed by atoms with Gasteiger partial charge in [0, 0.05) is 31.3 Å². The van der Waals surface area contributed by atoms with Gasteiger partial charge in [-0.25, -0.2) is 13.4 Å². The number of rotatable bonds is 2. The first-order valence-electron chi connectivity index (χ1n) is 6.52. The van der Waals surface area contributed by atoms with Crippen molar-refractivity contribution in [2.24, 2.45) is 0 Å². The molecule has 0 spiro atoms. The van der Waals surface area contributed by atoms with Gasteiger partial charge in [-0.2, -0.15) is 4.31 Å². The van der Waals surface area contributed by atoms with Crippen molar-refractivity contribution in [3.8, 4) is 0 Å². The van der Waals surface area contributed by atoms with E-state index in [1.54, 1.807) is 11.5 Å². The Morgan fingerprint density at radius 2 is 2.19 bits per heavy atom. The predicted octanol–water partition coefficient (Wildman–Crippen LogP) is 1.36. The first kappa shape index (κ1) is 14.0. The molecule has 0 amide bonds. The summed E-state index contributed by atoms with van der Waals surface area (Å²) in [5.74, 6) is 0. The third-order valence-corrected chi connectivity index (χ3v) is 5.71. The minimum absolute atomic E-state index is 0.0436. The third-order valence-electron chi connectivity index (χ3n) is 3.70. The zero-order chi connectivity index (χ0) is 15.4. The average molecular weight is 310 g/mol. The second-order valence-corrected chi connectivity index (χ2v) is 6.78. The lowest BCUT2D eigenvalue weighted by Crippen LogP contribution is -2.46. The SMILES string of the molecule is CCN1C(C)Cn2c(nc3ccc([N+](=O)[O-])cc32)S1(=O)=O. The molecule has 1 aromatic carbocycles. The lowest BCUT2D eigenvalue weighted by atomic mass is 10.2.